The summed E-state index contributed by atoms with van der Waals surface area (Å²) in [5.74, 6) is -1.19. The quantitative estimate of drug-likeness (QED) is 0.0807. The zero-order valence-electron chi connectivity index (χ0n) is 27.5. The molecule has 3 aromatic carbocycles. The average molecular weight is 682 g/mol. The molecule has 2 amide bonds. The number of aliphatic imine (C=N–C) groups is 1. The second-order valence-corrected chi connectivity index (χ2v) is 13.4. The molecular formula is C34H43N5O8S. The highest BCUT2D eigenvalue weighted by atomic mass is 32.2. The summed E-state index contributed by atoms with van der Waals surface area (Å²) in [5, 5.41) is 5.25. The number of rotatable bonds is 15. The van der Waals surface area contributed by atoms with Crippen LogP contribution in [0.2, 0.25) is 0 Å². The van der Waals surface area contributed by atoms with Gasteiger partial charge < -0.3 is 30.6 Å². The van der Waals surface area contributed by atoms with E-state index in [0.717, 1.165) is 11.1 Å². The summed E-state index contributed by atoms with van der Waals surface area (Å²) < 4.78 is 43.6. The van der Waals surface area contributed by atoms with Crippen molar-refractivity contribution in [2.75, 3.05) is 13.7 Å². The summed E-state index contributed by atoms with van der Waals surface area (Å²) in [6.45, 7) is 5.18. The van der Waals surface area contributed by atoms with Gasteiger partial charge in [-0.1, -0.05) is 60.7 Å². The normalized spacial score (nSPS) is 13.0. The summed E-state index contributed by atoms with van der Waals surface area (Å²) in [4.78, 5) is 43.4. The molecular weight excluding hydrogens is 638 g/mol. The lowest BCUT2D eigenvalue weighted by molar-refractivity contribution is -0.157. The summed E-state index contributed by atoms with van der Waals surface area (Å²) in [7, 11) is -2.53. The molecule has 2 atom stereocenters. The lowest BCUT2D eigenvalue weighted by Gasteiger charge is -2.25. The minimum Gasteiger partial charge on any atom is -0.497 e. The van der Waals surface area contributed by atoms with E-state index in [2.05, 4.69) is 20.3 Å². The number of benzene rings is 3. The molecule has 0 saturated carbocycles. The predicted octanol–water partition coefficient (Wildman–Crippen LogP) is 3.43. The van der Waals surface area contributed by atoms with Crippen LogP contribution in [0.3, 0.4) is 0 Å². The highest BCUT2D eigenvalue weighted by molar-refractivity contribution is 7.90. The van der Waals surface area contributed by atoms with Gasteiger partial charge in [-0.15, -0.1) is 0 Å². The lowest BCUT2D eigenvalue weighted by atomic mass is 10.1. The maximum Gasteiger partial charge on any atom is 0.329 e. The SMILES string of the molecule is COc1ccc(S(=O)(=O)NC(N)=NCCC[C@H](NC(=O)N[C@@H](Cc2ccccc2)C(=O)OC(C)(C)C)C(=O)OCc2ccccc2)cc1. The van der Waals surface area contributed by atoms with Crippen LogP contribution in [0.25, 0.3) is 0 Å². The number of nitrogens with zero attached hydrogens (tertiary/aromatic N) is 1. The highest BCUT2D eigenvalue weighted by Crippen LogP contribution is 2.15. The van der Waals surface area contributed by atoms with E-state index in [0.29, 0.717) is 5.75 Å². The molecule has 3 aromatic rings. The van der Waals surface area contributed by atoms with Gasteiger partial charge in [-0.3, -0.25) is 4.99 Å². The Balaban J connectivity index is 1.67. The number of hydrogen-bond acceptors (Lipinski definition) is 9. The first kappa shape index (κ1) is 37.3. The van der Waals surface area contributed by atoms with Crippen molar-refractivity contribution in [1.82, 2.24) is 15.4 Å². The van der Waals surface area contributed by atoms with Crippen LogP contribution in [0, 0.1) is 0 Å². The third kappa shape index (κ3) is 12.9. The molecule has 14 heteroatoms. The first-order valence-electron chi connectivity index (χ1n) is 15.3. The van der Waals surface area contributed by atoms with Crippen molar-refractivity contribution in [3.8, 4) is 5.75 Å². The lowest BCUT2D eigenvalue weighted by Crippen LogP contribution is -2.53. The van der Waals surface area contributed by atoms with Crippen LogP contribution in [0.1, 0.15) is 44.7 Å². The largest absolute Gasteiger partial charge is 0.497 e. The molecule has 0 aliphatic carbocycles. The van der Waals surface area contributed by atoms with Crippen LogP contribution >= 0.6 is 0 Å². The van der Waals surface area contributed by atoms with Gasteiger partial charge in [0.2, 0.25) is 5.96 Å². The maximum absolute atomic E-state index is 13.2. The van der Waals surface area contributed by atoms with Crippen molar-refractivity contribution in [3.63, 3.8) is 0 Å². The molecule has 48 heavy (non-hydrogen) atoms. The van der Waals surface area contributed by atoms with Gasteiger partial charge in [-0.25, -0.2) is 27.5 Å². The summed E-state index contributed by atoms with van der Waals surface area (Å²) in [5.41, 5.74) is 6.59. The summed E-state index contributed by atoms with van der Waals surface area (Å²) in [6, 6.07) is 20.9. The van der Waals surface area contributed by atoms with Crippen LogP contribution in [-0.4, -0.2) is 63.7 Å². The number of esters is 2. The molecule has 13 nitrogen and oxygen atoms in total. The van der Waals surface area contributed by atoms with E-state index in [1.807, 2.05) is 36.4 Å². The summed E-state index contributed by atoms with van der Waals surface area (Å²) in [6.07, 6.45) is 0.446. The molecule has 0 spiro atoms. The van der Waals surface area contributed by atoms with Crippen molar-refractivity contribution in [1.29, 1.82) is 0 Å². The number of methoxy groups -OCH3 is 1. The van der Waals surface area contributed by atoms with Crippen molar-refractivity contribution < 1.29 is 37.0 Å². The molecule has 0 aliphatic heterocycles. The fourth-order valence-electron chi connectivity index (χ4n) is 4.33. The number of guanidine groups is 1. The van der Waals surface area contributed by atoms with E-state index >= 15 is 0 Å². The van der Waals surface area contributed by atoms with E-state index in [9.17, 15) is 22.8 Å². The Morgan fingerprint density at radius 3 is 2.00 bits per heavy atom. The number of nitrogens with one attached hydrogen (secondary N) is 3. The molecule has 258 valence electrons. The van der Waals surface area contributed by atoms with Gasteiger partial charge in [0.1, 0.15) is 30.0 Å². The number of carbonyl (C=O) groups is 3. The van der Waals surface area contributed by atoms with Crippen LogP contribution in [0.4, 0.5) is 4.79 Å². The Kier molecular flexibility index (Phi) is 13.8. The van der Waals surface area contributed by atoms with Gasteiger partial charge in [0.25, 0.3) is 10.0 Å². The standard InChI is InChI=1S/C34H43N5O8S/c1-34(2,3)47-31(41)29(22-24-12-7-5-8-13-24)38-33(42)37-28(30(40)46-23-25-14-9-6-10-15-25)16-11-21-36-32(35)39-48(43,44)27-19-17-26(45-4)18-20-27/h5-10,12-15,17-20,28-29H,11,16,21-23H2,1-4H3,(H3,35,36,39)(H2,37,38,42)/t28-,29-/m0/s1. The minimum atomic E-state index is -3.99. The van der Waals surface area contributed by atoms with Crippen molar-refractivity contribution in [2.24, 2.45) is 10.7 Å². The average Bonchev–Trinajstić information content (AvgIpc) is 3.04. The van der Waals surface area contributed by atoms with Gasteiger partial charge in [0.05, 0.1) is 12.0 Å². The second kappa shape index (κ2) is 17.7. The number of urea groups is 1. The Labute approximate surface area is 281 Å². The first-order valence-corrected chi connectivity index (χ1v) is 16.8. The fourth-order valence-corrected chi connectivity index (χ4v) is 5.28. The predicted molar refractivity (Wildman–Crippen MR) is 181 cm³/mol. The zero-order valence-corrected chi connectivity index (χ0v) is 28.3. The molecule has 0 unspecified atom stereocenters. The molecule has 5 N–H and O–H groups in total. The van der Waals surface area contributed by atoms with E-state index < -0.39 is 45.7 Å². The number of hydrogen-bond donors (Lipinski definition) is 4. The third-order valence-corrected chi connectivity index (χ3v) is 8.01. The molecule has 0 bridgehead atoms. The number of nitrogens with two attached hydrogens (primary N) is 1. The number of carbonyl (C=O) groups excluding carboxylic acids is 3. The molecule has 0 aliphatic rings. The van der Waals surface area contributed by atoms with E-state index in [4.69, 9.17) is 19.9 Å². The molecule has 0 aromatic heterocycles. The van der Waals surface area contributed by atoms with Gasteiger partial charge in [-0.2, -0.15) is 0 Å². The number of ether oxygens (including phenoxy) is 3. The monoisotopic (exact) mass is 681 g/mol. The van der Waals surface area contributed by atoms with E-state index in [1.165, 1.54) is 31.4 Å². The Hall–Kier alpha value is -5.11. The van der Waals surface area contributed by atoms with Gasteiger partial charge in [0, 0.05) is 13.0 Å². The van der Waals surface area contributed by atoms with Crippen LogP contribution in [0.15, 0.2) is 94.8 Å². The second-order valence-electron chi connectivity index (χ2n) is 11.7. The van der Waals surface area contributed by atoms with Crippen LogP contribution in [-0.2, 0) is 42.1 Å². The smallest absolute Gasteiger partial charge is 0.329 e. The van der Waals surface area contributed by atoms with Gasteiger partial charge in [-0.05, 0) is 69.0 Å². The van der Waals surface area contributed by atoms with Gasteiger partial charge >= 0.3 is 18.0 Å². The van der Waals surface area contributed by atoms with E-state index in [-0.39, 0.29) is 43.3 Å². The Morgan fingerprint density at radius 1 is 0.833 bits per heavy atom. The van der Waals surface area contributed by atoms with Gasteiger partial charge in [0.15, 0.2) is 0 Å². The number of amides is 2. The van der Waals surface area contributed by atoms with Crippen LogP contribution < -0.4 is 25.8 Å². The minimum absolute atomic E-state index is 0.0216. The molecule has 0 heterocycles. The molecule has 0 saturated heterocycles. The Morgan fingerprint density at radius 2 is 1.42 bits per heavy atom. The maximum atomic E-state index is 13.2. The van der Waals surface area contributed by atoms with Crippen molar-refractivity contribution in [3.05, 3.63) is 96.1 Å². The van der Waals surface area contributed by atoms with Crippen molar-refractivity contribution >= 4 is 34.0 Å². The molecule has 3 rings (SSSR count). The van der Waals surface area contributed by atoms with E-state index in [1.54, 1.807) is 45.0 Å². The molecule has 0 radical (unpaired) electrons. The third-order valence-electron chi connectivity index (χ3n) is 6.63. The first-order chi connectivity index (χ1) is 22.8. The topological polar surface area (TPSA) is 188 Å². The fraction of sp³-hybridized carbons (Fsp3) is 0.353. The number of sulfonamides is 1. The van der Waals surface area contributed by atoms with Crippen molar-refractivity contribution in [2.45, 2.75) is 69.2 Å². The Bertz CT molecular complexity index is 1630. The van der Waals surface area contributed by atoms with Crippen LogP contribution in [0.5, 0.6) is 5.75 Å². The zero-order chi connectivity index (χ0) is 35.2. The molecule has 0 fully saturated rings. The highest BCUT2D eigenvalue weighted by Gasteiger charge is 2.29. The summed E-state index contributed by atoms with van der Waals surface area (Å²) >= 11 is 0.